The van der Waals surface area contributed by atoms with Crippen LogP contribution in [0.4, 0.5) is 0 Å². The van der Waals surface area contributed by atoms with Gasteiger partial charge < -0.3 is 5.11 Å². The first kappa shape index (κ1) is 12.6. The Morgan fingerprint density at radius 1 is 1.06 bits per heavy atom. The number of hydrogen-bond donors (Lipinski definition) is 1. The Labute approximate surface area is 116 Å². The molecule has 0 aliphatic carbocycles. The summed E-state index contributed by atoms with van der Waals surface area (Å²) in [5.74, 6) is -0.875. The minimum atomic E-state index is -0.875. The van der Waals surface area contributed by atoms with Crippen molar-refractivity contribution in [3.8, 4) is 0 Å². The van der Waals surface area contributed by atoms with Crippen molar-refractivity contribution in [1.29, 1.82) is 0 Å². The van der Waals surface area contributed by atoms with Gasteiger partial charge in [0.2, 0.25) is 0 Å². The first-order valence-electron chi connectivity index (χ1n) is 5.10. The fourth-order valence-corrected chi connectivity index (χ4v) is 2.68. The van der Waals surface area contributed by atoms with E-state index in [-0.39, 0.29) is 4.83 Å². The monoisotopic (exact) mass is 356 g/mol. The van der Waals surface area contributed by atoms with E-state index in [1.807, 2.05) is 42.5 Å². The lowest BCUT2D eigenvalue weighted by atomic mass is 10.0. The van der Waals surface area contributed by atoms with Gasteiger partial charge in [-0.1, -0.05) is 74.3 Å². The van der Waals surface area contributed by atoms with Crippen LogP contribution in [0.3, 0.4) is 0 Å². The van der Waals surface area contributed by atoms with Gasteiger partial charge in [0.25, 0.3) is 0 Å². The highest BCUT2D eigenvalue weighted by atomic mass is 79.9. The van der Waals surface area contributed by atoms with Crippen LogP contribution in [0.1, 0.15) is 10.4 Å². The Balaban J connectivity index is 2.52. The van der Waals surface area contributed by atoms with E-state index < -0.39 is 10.8 Å². The Morgan fingerprint density at radius 2 is 1.71 bits per heavy atom. The van der Waals surface area contributed by atoms with Crippen molar-refractivity contribution in [2.45, 2.75) is 9.65 Å². The first-order valence-corrected chi connectivity index (χ1v) is 6.93. The van der Waals surface area contributed by atoms with Gasteiger partial charge in [0.15, 0.2) is 0 Å². The number of carbonyl (C=O) groups is 1. The van der Waals surface area contributed by atoms with E-state index in [2.05, 4.69) is 31.9 Å². The Morgan fingerprint density at radius 3 is 2.41 bits per heavy atom. The molecule has 0 saturated carbocycles. The summed E-state index contributed by atoms with van der Waals surface area (Å²) >= 11 is 6.63. The van der Waals surface area contributed by atoms with Crippen LogP contribution in [0, 0.1) is 0 Å². The molecule has 17 heavy (non-hydrogen) atoms. The predicted molar refractivity (Wildman–Crippen MR) is 76.0 cm³/mol. The first-order chi connectivity index (χ1) is 8.11. The summed E-state index contributed by atoms with van der Waals surface area (Å²) in [6, 6.07) is 13.8. The molecule has 2 aromatic rings. The van der Waals surface area contributed by atoms with Gasteiger partial charge in [0, 0.05) is 0 Å². The minimum Gasteiger partial charge on any atom is -0.480 e. The molecule has 0 bridgehead atoms. The molecular formula is C13H10Br2O2. The van der Waals surface area contributed by atoms with E-state index >= 15 is 0 Å². The summed E-state index contributed by atoms with van der Waals surface area (Å²) in [6.45, 7) is 0. The van der Waals surface area contributed by atoms with Crippen LogP contribution >= 0.6 is 31.9 Å². The quantitative estimate of drug-likeness (QED) is 0.839. The number of aliphatic carboxylic acids is 1. The van der Waals surface area contributed by atoms with Crippen molar-refractivity contribution in [3.63, 3.8) is 0 Å². The fourth-order valence-electron chi connectivity index (χ4n) is 1.77. The lowest BCUT2D eigenvalue weighted by Crippen LogP contribution is -2.18. The summed E-state index contributed by atoms with van der Waals surface area (Å²) in [4.78, 5) is 10.1. The second-order valence-corrected chi connectivity index (χ2v) is 5.68. The smallest absolute Gasteiger partial charge is 0.318 e. The maximum absolute atomic E-state index is 11.0. The van der Waals surface area contributed by atoms with Gasteiger partial charge in [-0.2, -0.15) is 0 Å². The van der Waals surface area contributed by atoms with Crippen LogP contribution in [0.2, 0.25) is 0 Å². The molecule has 2 nitrogen and oxygen atoms in total. The molecule has 0 aromatic heterocycles. The number of rotatable bonds is 3. The molecule has 0 aliphatic heterocycles. The molecule has 2 aromatic carbocycles. The third kappa shape index (κ3) is 2.53. The number of carboxylic acid groups (broad SMARTS) is 1. The molecule has 2 rings (SSSR count). The standard InChI is InChI=1S/C13H10Br2O2/c14-11(12(15)13(16)17)10-7-3-5-8-4-1-2-6-9(8)10/h1-7,11-12H,(H,16,17). The summed E-state index contributed by atoms with van der Waals surface area (Å²) in [6.07, 6.45) is 0. The topological polar surface area (TPSA) is 37.3 Å². The second-order valence-electron chi connectivity index (χ2n) is 3.71. The summed E-state index contributed by atoms with van der Waals surface area (Å²) < 4.78 is 0. The van der Waals surface area contributed by atoms with Gasteiger partial charge in [0.05, 0.1) is 4.83 Å². The van der Waals surface area contributed by atoms with Crippen LogP contribution in [0.25, 0.3) is 10.8 Å². The van der Waals surface area contributed by atoms with Crippen LogP contribution in [0.5, 0.6) is 0 Å². The molecule has 2 unspecified atom stereocenters. The van der Waals surface area contributed by atoms with Crippen molar-refractivity contribution >= 4 is 48.6 Å². The van der Waals surface area contributed by atoms with Crippen molar-refractivity contribution in [3.05, 3.63) is 48.0 Å². The third-order valence-corrected chi connectivity index (χ3v) is 5.26. The van der Waals surface area contributed by atoms with Crippen LogP contribution in [-0.2, 0) is 4.79 Å². The van der Waals surface area contributed by atoms with E-state index in [0.29, 0.717) is 0 Å². The molecule has 0 heterocycles. The molecular weight excluding hydrogens is 348 g/mol. The van der Waals surface area contributed by atoms with Crippen molar-refractivity contribution in [2.75, 3.05) is 0 Å². The zero-order chi connectivity index (χ0) is 12.4. The fraction of sp³-hybridized carbons (Fsp3) is 0.154. The molecule has 2 atom stereocenters. The SMILES string of the molecule is O=C(O)C(Br)C(Br)c1cccc2ccccc12. The van der Waals surface area contributed by atoms with E-state index in [4.69, 9.17) is 5.11 Å². The van der Waals surface area contributed by atoms with Crippen LogP contribution in [0.15, 0.2) is 42.5 Å². The van der Waals surface area contributed by atoms with Gasteiger partial charge in [-0.25, -0.2) is 0 Å². The molecule has 0 aliphatic rings. The van der Waals surface area contributed by atoms with Gasteiger partial charge in [-0.3, -0.25) is 4.79 Å². The summed E-state index contributed by atoms with van der Waals surface area (Å²) in [5.41, 5.74) is 0.979. The number of alkyl halides is 2. The third-order valence-electron chi connectivity index (χ3n) is 2.61. The second kappa shape index (κ2) is 5.19. The minimum absolute atomic E-state index is 0.258. The highest BCUT2D eigenvalue weighted by Gasteiger charge is 2.25. The molecule has 4 heteroatoms. The Bertz CT molecular complexity index is 549. The average Bonchev–Trinajstić information content (AvgIpc) is 2.36. The van der Waals surface area contributed by atoms with Gasteiger partial charge >= 0.3 is 5.97 Å². The number of hydrogen-bond acceptors (Lipinski definition) is 1. The van der Waals surface area contributed by atoms with Crippen molar-refractivity contribution in [2.24, 2.45) is 0 Å². The van der Waals surface area contributed by atoms with Crippen molar-refractivity contribution < 1.29 is 9.90 Å². The van der Waals surface area contributed by atoms with Crippen LogP contribution < -0.4 is 0 Å². The maximum atomic E-state index is 11.0. The number of carboxylic acids is 1. The highest BCUT2D eigenvalue weighted by molar-refractivity contribution is 9.12. The van der Waals surface area contributed by atoms with E-state index in [9.17, 15) is 4.79 Å². The van der Waals surface area contributed by atoms with E-state index in [0.717, 1.165) is 16.3 Å². The van der Waals surface area contributed by atoms with E-state index in [1.54, 1.807) is 0 Å². The maximum Gasteiger partial charge on any atom is 0.318 e. The number of fused-ring (bicyclic) bond motifs is 1. The lowest BCUT2D eigenvalue weighted by molar-refractivity contribution is -0.136. The zero-order valence-corrected chi connectivity index (χ0v) is 12.0. The normalized spacial score (nSPS) is 14.5. The Hall–Kier alpha value is -0.870. The number of benzene rings is 2. The van der Waals surface area contributed by atoms with E-state index in [1.165, 1.54) is 0 Å². The molecule has 1 N–H and O–H groups in total. The van der Waals surface area contributed by atoms with Gasteiger partial charge in [0.1, 0.15) is 4.83 Å². The van der Waals surface area contributed by atoms with Gasteiger partial charge in [-0.15, -0.1) is 0 Å². The molecule has 0 radical (unpaired) electrons. The summed E-state index contributed by atoms with van der Waals surface area (Å²) in [5, 5.41) is 11.2. The largest absolute Gasteiger partial charge is 0.480 e. The summed E-state index contributed by atoms with van der Waals surface area (Å²) in [7, 11) is 0. The van der Waals surface area contributed by atoms with Crippen LogP contribution in [-0.4, -0.2) is 15.9 Å². The molecule has 0 amide bonds. The molecule has 0 spiro atoms. The number of halogens is 2. The highest BCUT2D eigenvalue weighted by Crippen LogP contribution is 2.35. The zero-order valence-electron chi connectivity index (χ0n) is 8.81. The molecule has 88 valence electrons. The van der Waals surface area contributed by atoms with Gasteiger partial charge in [-0.05, 0) is 16.3 Å². The molecule has 0 saturated heterocycles. The Kier molecular flexibility index (Phi) is 3.84. The van der Waals surface area contributed by atoms with Crippen molar-refractivity contribution in [1.82, 2.24) is 0 Å². The predicted octanol–water partition coefficient (Wildman–Crippen LogP) is 4.12. The molecule has 0 fully saturated rings. The lowest BCUT2D eigenvalue weighted by Gasteiger charge is -2.15. The average molecular weight is 358 g/mol.